The van der Waals surface area contributed by atoms with Gasteiger partial charge in [0.2, 0.25) is 0 Å². The molecule has 0 bridgehead atoms. The van der Waals surface area contributed by atoms with E-state index in [-0.39, 0.29) is 55.0 Å². The molecular weight excluding hydrogens is 535 g/mol. The third-order valence-corrected chi connectivity index (χ3v) is 5.35. The monoisotopic (exact) mass is 580 g/mol. The van der Waals surface area contributed by atoms with Crippen LogP contribution in [-0.4, -0.2) is 59.7 Å². The number of halogens is 1. The molecule has 0 N–H and O–H groups in total. The summed E-state index contributed by atoms with van der Waals surface area (Å²) < 4.78 is 26.2. The molecule has 8 heteroatoms. The highest BCUT2D eigenvalue weighted by Crippen LogP contribution is 2.24. The molecule has 0 radical (unpaired) electrons. The molecule has 0 atom stereocenters. The van der Waals surface area contributed by atoms with E-state index in [9.17, 15) is 18.0 Å². The number of hydrogen-bond acceptors (Lipinski definition) is 5. The third-order valence-electron chi connectivity index (χ3n) is 4.55. The molecule has 182 valence electrons. The number of Topliss-reactive ketones (excluding diaryl/α,β-unsaturated/α-hetero) is 1. The lowest BCUT2D eigenvalue weighted by Crippen LogP contribution is -3.00. The second-order valence-electron chi connectivity index (χ2n) is 8.75. The summed E-state index contributed by atoms with van der Waals surface area (Å²) in [4.78, 5) is 22.5. The van der Waals surface area contributed by atoms with Crippen LogP contribution >= 0.6 is 0 Å². The highest BCUT2D eigenvalue weighted by Gasteiger charge is 2.21. The molecule has 0 spiro atoms. The molecule has 2 saturated carbocycles. The lowest BCUT2D eigenvalue weighted by Gasteiger charge is -2.18. The van der Waals surface area contributed by atoms with Crippen LogP contribution in [0.1, 0.15) is 71.6 Å². The Morgan fingerprint density at radius 3 is 1.50 bits per heavy atom. The van der Waals surface area contributed by atoms with Crippen molar-refractivity contribution < 1.29 is 46.7 Å². The maximum atomic E-state index is 11.6. The largest absolute Gasteiger partial charge is 1.00 e. The fourth-order valence-corrected chi connectivity index (χ4v) is 4.02. The number of ether oxygens (including phenoxy) is 1. The minimum absolute atomic E-state index is 0. The molecule has 5 nitrogen and oxygen atoms in total. The second kappa shape index (κ2) is 17.6. The number of ketones is 1. The first-order chi connectivity index (χ1) is 12.8. The Balaban J connectivity index is -0.000000385. The van der Waals surface area contributed by atoms with E-state index in [0.717, 1.165) is 38.5 Å². The van der Waals surface area contributed by atoms with E-state index >= 15 is 0 Å². The van der Waals surface area contributed by atoms with E-state index in [1.807, 2.05) is 0 Å². The molecule has 2 fully saturated rings. The third kappa shape index (κ3) is 21.3. The number of rotatable bonds is 3. The zero-order chi connectivity index (χ0) is 21.8. The van der Waals surface area contributed by atoms with Gasteiger partial charge in [0, 0.05) is 23.8 Å². The number of methoxy groups -OCH3 is 1. The quantitative estimate of drug-likeness (QED) is 0.217. The van der Waals surface area contributed by atoms with E-state index in [4.69, 9.17) is 0 Å². The van der Waals surface area contributed by atoms with Crippen molar-refractivity contribution >= 4 is 36.6 Å². The van der Waals surface area contributed by atoms with Crippen molar-refractivity contribution in [1.82, 2.24) is 0 Å². The average molecular weight is 581 g/mol. The van der Waals surface area contributed by atoms with Gasteiger partial charge >= 0.3 is 5.97 Å². The SMILES string of the molecule is C.COC(=O)C1CCCCC1.CS(C)(=O)=CC(=O)C1CCCCC1.C[S+](C)(C)=O.[I-]. The van der Waals surface area contributed by atoms with Crippen molar-refractivity contribution in [3.63, 3.8) is 0 Å². The van der Waals surface area contributed by atoms with Crippen LogP contribution in [0.3, 0.4) is 0 Å². The van der Waals surface area contributed by atoms with E-state index < -0.39 is 19.5 Å². The Labute approximate surface area is 204 Å². The predicted octanol–water partition coefficient (Wildman–Crippen LogP) is 1.24. The zero-order valence-corrected chi connectivity index (χ0v) is 22.8. The van der Waals surface area contributed by atoms with Crippen LogP contribution in [0.2, 0.25) is 0 Å². The Morgan fingerprint density at radius 1 is 0.867 bits per heavy atom. The van der Waals surface area contributed by atoms with E-state index in [1.54, 1.807) is 31.3 Å². The molecule has 0 saturated heterocycles. The first-order valence-corrected chi connectivity index (χ1v) is 15.4. The molecular formula is C22H45IO5S2. The topological polar surface area (TPSA) is 77.5 Å². The number of carbonyl (C=O) groups excluding carboxylic acids is 2. The van der Waals surface area contributed by atoms with Crippen LogP contribution in [0.15, 0.2) is 0 Å². The average Bonchev–Trinajstić information content (AvgIpc) is 2.60. The van der Waals surface area contributed by atoms with Crippen LogP contribution in [-0.2, 0) is 38.0 Å². The van der Waals surface area contributed by atoms with Gasteiger partial charge in [0.15, 0.2) is 5.78 Å². The van der Waals surface area contributed by atoms with Gasteiger partial charge in [-0.3, -0.25) is 13.8 Å². The van der Waals surface area contributed by atoms with Gasteiger partial charge in [-0.05, 0) is 35.2 Å². The molecule has 30 heavy (non-hydrogen) atoms. The summed E-state index contributed by atoms with van der Waals surface area (Å²) in [6, 6.07) is 0. The Hall–Kier alpha value is 0.0400. The molecule has 0 aromatic carbocycles. The predicted molar refractivity (Wildman–Crippen MR) is 129 cm³/mol. The molecule has 0 heterocycles. The maximum absolute atomic E-state index is 11.6. The first kappa shape index (κ1) is 34.6. The maximum Gasteiger partial charge on any atom is 0.308 e. The molecule has 0 aromatic rings. The second-order valence-corrected chi connectivity index (χ2v) is 15.1. The summed E-state index contributed by atoms with van der Waals surface area (Å²) in [5.74, 6) is 0.461. The van der Waals surface area contributed by atoms with Gasteiger partial charge in [0.05, 0.1) is 23.0 Å². The van der Waals surface area contributed by atoms with Crippen molar-refractivity contribution in [2.45, 2.75) is 71.6 Å². The number of carbonyl (C=O) groups is 2. The molecule has 0 aliphatic heterocycles. The van der Waals surface area contributed by atoms with Crippen LogP contribution < -0.4 is 24.0 Å². The van der Waals surface area contributed by atoms with Gasteiger partial charge in [0.1, 0.15) is 18.8 Å². The fourth-order valence-electron chi connectivity index (χ4n) is 3.27. The molecule has 2 aliphatic carbocycles. The van der Waals surface area contributed by atoms with Crippen LogP contribution in [0.25, 0.3) is 0 Å². The highest BCUT2D eigenvalue weighted by atomic mass is 127. The molecule has 0 aromatic heterocycles. The van der Waals surface area contributed by atoms with Crippen molar-refractivity contribution in [1.29, 1.82) is 0 Å². The summed E-state index contributed by atoms with van der Waals surface area (Å²) in [5, 5.41) is 1.43. The molecule has 0 amide bonds. The Bertz CT molecular complexity index is 620. The van der Waals surface area contributed by atoms with Crippen LogP contribution in [0, 0.1) is 11.8 Å². The van der Waals surface area contributed by atoms with Crippen LogP contribution in [0.5, 0.6) is 0 Å². The fraction of sp³-hybridized carbons (Fsp3) is 0.864. The van der Waals surface area contributed by atoms with Crippen molar-refractivity contribution in [2.24, 2.45) is 11.8 Å². The van der Waals surface area contributed by atoms with Gasteiger partial charge in [0.25, 0.3) is 0 Å². The minimum atomic E-state index is -2.00. The molecule has 0 unspecified atom stereocenters. The lowest BCUT2D eigenvalue weighted by atomic mass is 9.87. The molecule has 2 aliphatic rings. The summed E-state index contributed by atoms with van der Waals surface area (Å²) in [6.07, 6.45) is 19.7. The van der Waals surface area contributed by atoms with Gasteiger partial charge in [-0.2, -0.15) is 0 Å². The van der Waals surface area contributed by atoms with Gasteiger partial charge in [-0.25, -0.2) is 0 Å². The molecule has 2 rings (SSSR count). The van der Waals surface area contributed by atoms with Crippen molar-refractivity contribution in [2.75, 3.05) is 38.4 Å². The standard InChI is InChI=1S/C10H18O2S.C8H14O2.C3H9OS.CH4.HI/c1-13(2,12)8-10(11)9-6-4-3-5-7-9;1-10-8(9)7-5-3-2-4-6-7;1-5(2,3)4;;/h8-9H,3-7H2,1-2H3;7H,2-6H2,1H3;1-3H3;1H4;1H/q;;+1;;/p-1. The summed E-state index contributed by atoms with van der Waals surface area (Å²) in [6.45, 7) is 0. The van der Waals surface area contributed by atoms with Crippen molar-refractivity contribution in [3.8, 4) is 0 Å². The van der Waals surface area contributed by atoms with Gasteiger partial charge in [-0.1, -0.05) is 46.0 Å². The summed E-state index contributed by atoms with van der Waals surface area (Å²) in [7, 11) is -1.94. The summed E-state index contributed by atoms with van der Waals surface area (Å²) in [5.41, 5.74) is 0. The first-order valence-electron chi connectivity index (χ1n) is 10.1. The summed E-state index contributed by atoms with van der Waals surface area (Å²) >= 11 is 0. The Kier molecular flexibility index (Phi) is 20.3. The number of esters is 1. The number of hydrogen-bond donors (Lipinski definition) is 0. The normalized spacial score (nSPS) is 17.4. The van der Waals surface area contributed by atoms with E-state index in [1.165, 1.54) is 38.2 Å². The van der Waals surface area contributed by atoms with Crippen LogP contribution in [0.4, 0.5) is 0 Å². The highest BCUT2D eigenvalue weighted by molar-refractivity contribution is 8.01. The smallest absolute Gasteiger partial charge is 0.308 e. The zero-order valence-electron chi connectivity index (χ0n) is 19.0. The Morgan fingerprint density at radius 2 is 1.20 bits per heavy atom. The van der Waals surface area contributed by atoms with E-state index in [0.29, 0.717) is 0 Å². The minimum Gasteiger partial charge on any atom is -1.00 e. The van der Waals surface area contributed by atoms with Gasteiger partial charge in [-0.15, -0.1) is 4.21 Å². The van der Waals surface area contributed by atoms with Gasteiger partial charge < -0.3 is 28.7 Å². The lowest BCUT2D eigenvalue weighted by molar-refractivity contribution is -0.146. The van der Waals surface area contributed by atoms with E-state index in [2.05, 4.69) is 4.74 Å². The van der Waals surface area contributed by atoms with Crippen molar-refractivity contribution in [3.05, 3.63) is 0 Å².